The second kappa shape index (κ2) is 7.03. The third-order valence-electron chi connectivity index (χ3n) is 2.64. The van der Waals surface area contributed by atoms with Crippen molar-refractivity contribution >= 4 is 40.4 Å². The summed E-state index contributed by atoms with van der Waals surface area (Å²) in [6, 6.07) is 11.6. The molecule has 0 aliphatic rings. The SMILES string of the molecule is N#C/C(=N/Nc1ccc(F)c(Cl)c1)C(=O)c1ccc(Cl)cc1. The minimum Gasteiger partial charge on any atom is -0.286 e. The first-order chi connectivity index (χ1) is 10.5. The van der Waals surface area contributed by atoms with E-state index in [-0.39, 0.29) is 16.3 Å². The molecule has 0 saturated heterocycles. The third-order valence-corrected chi connectivity index (χ3v) is 3.19. The predicted molar refractivity (Wildman–Crippen MR) is 83.9 cm³/mol. The Labute approximate surface area is 135 Å². The molecule has 22 heavy (non-hydrogen) atoms. The Hall–Kier alpha value is -2.42. The fraction of sp³-hybridized carbons (Fsp3) is 0. The molecule has 0 aliphatic carbocycles. The zero-order valence-electron chi connectivity index (χ0n) is 11.0. The van der Waals surface area contributed by atoms with Crippen LogP contribution in [0.3, 0.4) is 0 Å². The van der Waals surface area contributed by atoms with Gasteiger partial charge in [-0.05, 0) is 42.5 Å². The van der Waals surface area contributed by atoms with Crippen LogP contribution in [0.5, 0.6) is 0 Å². The number of Topliss-reactive ketones (excluding diaryl/α,β-unsaturated/α-hetero) is 1. The van der Waals surface area contributed by atoms with Crippen molar-refractivity contribution in [1.29, 1.82) is 5.26 Å². The van der Waals surface area contributed by atoms with Gasteiger partial charge in [0.1, 0.15) is 11.9 Å². The summed E-state index contributed by atoms with van der Waals surface area (Å²) in [6.45, 7) is 0. The van der Waals surface area contributed by atoms with E-state index in [0.29, 0.717) is 10.7 Å². The van der Waals surface area contributed by atoms with Crippen molar-refractivity contribution in [2.45, 2.75) is 0 Å². The van der Waals surface area contributed by atoms with Crippen LogP contribution in [-0.2, 0) is 0 Å². The number of ketones is 1. The largest absolute Gasteiger partial charge is 0.286 e. The Morgan fingerprint density at radius 2 is 1.86 bits per heavy atom. The fourth-order valence-electron chi connectivity index (χ4n) is 1.55. The minimum atomic E-state index is -0.575. The lowest BCUT2D eigenvalue weighted by molar-refractivity contribution is 0.106. The third kappa shape index (κ3) is 3.82. The maximum atomic E-state index is 13.0. The zero-order chi connectivity index (χ0) is 16.1. The monoisotopic (exact) mass is 335 g/mol. The Balaban J connectivity index is 2.20. The first-order valence-corrected chi connectivity index (χ1v) is 6.76. The number of rotatable bonds is 4. The van der Waals surface area contributed by atoms with Gasteiger partial charge in [0.2, 0.25) is 11.5 Å². The Morgan fingerprint density at radius 3 is 2.45 bits per heavy atom. The number of carbonyl (C=O) groups is 1. The summed E-state index contributed by atoms with van der Waals surface area (Å²) in [6.07, 6.45) is 0. The first-order valence-electron chi connectivity index (χ1n) is 6.00. The summed E-state index contributed by atoms with van der Waals surface area (Å²) in [5.41, 5.74) is 2.78. The molecule has 0 atom stereocenters. The maximum absolute atomic E-state index is 13.0. The molecule has 4 nitrogen and oxygen atoms in total. The Kier molecular flexibility index (Phi) is 5.10. The topological polar surface area (TPSA) is 65.2 Å². The summed E-state index contributed by atoms with van der Waals surface area (Å²) in [4.78, 5) is 12.1. The van der Waals surface area contributed by atoms with Crippen molar-refractivity contribution in [2.24, 2.45) is 5.10 Å². The molecule has 0 spiro atoms. The number of carbonyl (C=O) groups excluding carboxylic acids is 1. The summed E-state index contributed by atoms with van der Waals surface area (Å²) >= 11 is 11.4. The summed E-state index contributed by atoms with van der Waals surface area (Å²) in [5.74, 6) is -1.13. The number of benzene rings is 2. The maximum Gasteiger partial charge on any atom is 0.223 e. The van der Waals surface area contributed by atoms with E-state index in [4.69, 9.17) is 28.5 Å². The summed E-state index contributed by atoms with van der Waals surface area (Å²) in [5, 5.41) is 13.1. The van der Waals surface area contributed by atoms with E-state index in [1.165, 1.54) is 36.4 Å². The van der Waals surface area contributed by atoms with Gasteiger partial charge in [0, 0.05) is 10.6 Å². The standard InChI is InChI=1S/C15H8Cl2FN3O/c16-10-3-1-9(2-4-10)15(22)14(8-19)21-20-11-5-6-13(18)12(17)7-11/h1-7,20H/b21-14-. The van der Waals surface area contributed by atoms with Gasteiger partial charge in [-0.1, -0.05) is 23.2 Å². The van der Waals surface area contributed by atoms with Crippen molar-refractivity contribution in [3.8, 4) is 6.07 Å². The smallest absolute Gasteiger partial charge is 0.223 e. The number of nitrogens with one attached hydrogen (secondary N) is 1. The van der Waals surface area contributed by atoms with Crippen LogP contribution in [0.15, 0.2) is 47.6 Å². The fourth-order valence-corrected chi connectivity index (χ4v) is 1.86. The van der Waals surface area contributed by atoms with Crippen LogP contribution in [-0.4, -0.2) is 11.5 Å². The van der Waals surface area contributed by atoms with Gasteiger partial charge in [-0.3, -0.25) is 10.2 Å². The van der Waals surface area contributed by atoms with Crippen molar-refractivity contribution in [3.63, 3.8) is 0 Å². The van der Waals surface area contributed by atoms with E-state index in [2.05, 4.69) is 10.5 Å². The van der Waals surface area contributed by atoms with Crippen molar-refractivity contribution in [2.75, 3.05) is 5.43 Å². The minimum absolute atomic E-state index is 0.0947. The van der Waals surface area contributed by atoms with Crippen LogP contribution >= 0.6 is 23.2 Å². The number of nitriles is 1. The molecule has 2 aromatic carbocycles. The number of hydrazone groups is 1. The average molecular weight is 336 g/mol. The average Bonchev–Trinajstić information content (AvgIpc) is 2.52. The second-order valence-electron chi connectivity index (χ2n) is 4.15. The van der Waals surface area contributed by atoms with Gasteiger partial charge in [0.15, 0.2) is 0 Å². The predicted octanol–water partition coefficient (Wildman–Crippen LogP) is 4.31. The first kappa shape index (κ1) is 16.0. The van der Waals surface area contributed by atoms with Crippen LogP contribution in [0.4, 0.5) is 10.1 Å². The highest BCUT2D eigenvalue weighted by Gasteiger charge is 2.14. The number of anilines is 1. The van der Waals surface area contributed by atoms with Gasteiger partial charge < -0.3 is 0 Å². The van der Waals surface area contributed by atoms with E-state index in [1.807, 2.05) is 0 Å². The van der Waals surface area contributed by atoms with Crippen molar-refractivity contribution in [3.05, 3.63) is 63.9 Å². The summed E-state index contributed by atoms with van der Waals surface area (Å²) < 4.78 is 13.0. The van der Waals surface area contributed by atoms with Crippen LogP contribution in [0.1, 0.15) is 10.4 Å². The van der Waals surface area contributed by atoms with E-state index >= 15 is 0 Å². The van der Waals surface area contributed by atoms with Gasteiger partial charge in [0.05, 0.1) is 10.7 Å². The molecule has 0 amide bonds. The highest BCUT2D eigenvalue weighted by molar-refractivity contribution is 6.51. The Bertz CT molecular complexity index is 782. The molecule has 7 heteroatoms. The number of nitrogens with zero attached hydrogens (tertiary/aromatic N) is 2. The van der Waals surface area contributed by atoms with Crippen molar-refractivity contribution in [1.82, 2.24) is 0 Å². The lowest BCUT2D eigenvalue weighted by Gasteiger charge is -2.03. The summed E-state index contributed by atoms with van der Waals surface area (Å²) in [7, 11) is 0. The molecule has 0 radical (unpaired) electrons. The molecule has 2 rings (SSSR count). The second-order valence-corrected chi connectivity index (χ2v) is 4.99. The molecule has 110 valence electrons. The molecule has 0 heterocycles. The molecule has 0 aliphatic heterocycles. The van der Waals surface area contributed by atoms with Crippen LogP contribution in [0.25, 0.3) is 0 Å². The van der Waals surface area contributed by atoms with E-state index in [9.17, 15) is 9.18 Å². The van der Waals surface area contributed by atoms with Crippen LogP contribution in [0, 0.1) is 17.1 Å². The molecular weight excluding hydrogens is 328 g/mol. The Morgan fingerprint density at radius 1 is 1.18 bits per heavy atom. The van der Waals surface area contributed by atoms with E-state index < -0.39 is 11.6 Å². The molecule has 0 saturated carbocycles. The van der Waals surface area contributed by atoms with Gasteiger partial charge in [-0.2, -0.15) is 10.4 Å². The zero-order valence-corrected chi connectivity index (χ0v) is 12.5. The van der Waals surface area contributed by atoms with E-state index in [0.717, 1.165) is 6.07 Å². The number of hydrogen-bond acceptors (Lipinski definition) is 4. The molecule has 0 unspecified atom stereocenters. The van der Waals surface area contributed by atoms with Gasteiger partial charge in [0.25, 0.3) is 0 Å². The molecular formula is C15H8Cl2FN3O. The number of halogens is 3. The lowest BCUT2D eigenvalue weighted by atomic mass is 10.1. The molecule has 0 fully saturated rings. The lowest BCUT2D eigenvalue weighted by Crippen LogP contribution is -2.14. The van der Waals surface area contributed by atoms with Gasteiger partial charge in [-0.15, -0.1) is 0 Å². The quantitative estimate of drug-likeness (QED) is 0.514. The van der Waals surface area contributed by atoms with Gasteiger partial charge >= 0.3 is 0 Å². The van der Waals surface area contributed by atoms with Crippen molar-refractivity contribution < 1.29 is 9.18 Å². The highest BCUT2D eigenvalue weighted by atomic mass is 35.5. The number of hydrogen-bond donors (Lipinski definition) is 1. The normalized spacial score (nSPS) is 10.9. The van der Waals surface area contributed by atoms with Crippen LogP contribution in [0.2, 0.25) is 10.0 Å². The van der Waals surface area contributed by atoms with Gasteiger partial charge in [-0.25, -0.2) is 4.39 Å². The molecule has 1 N–H and O–H groups in total. The van der Waals surface area contributed by atoms with E-state index in [1.54, 1.807) is 6.07 Å². The molecule has 2 aromatic rings. The highest BCUT2D eigenvalue weighted by Crippen LogP contribution is 2.19. The molecule has 0 aromatic heterocycles. The molecule has 0 bridgehead atoms. The van der Waals surface area contributed by atoms with Crippen LogP contribution < -0.4 is 5.43 Å².